The number of carbonyl (C=O) groups excluding carboxylic acids is 1. The number of phenols is 1. The summed E-state index contributed by atoms with van der Waals surface area (Å²) in [6.45, 7) is 1.91. The molecule has 0 heterocycles. The van der Waals surface area contributed by atoms with Crippen LogP contribution in [-0.2, 0) is 4.79 Å². The van der Waals surface area contributed by atoms with Gasteiger partial charge in [-0.25, -0.2) is 0 Å². The van der Waals surface area contributed by atoms with Gasteiger partial charge in [0.1, 0.15) is 12.3 Å². The molecule has 3 aromatic rings. The lowest BCUT2D eigenvalue weighted by molar-refractivity contribution is -0.114. The largest absolute Gasteiger partial charge is 0.507 e. The number of nitrogens with zero attached hydrogens (tertiary/aromatic N) is 1. The van der Waals surface area contributed by atoms with E-state index in [1.54, 1.807) is 12.3 Å². The Morgan fingerprint density at radius 1 is 1.20 bits per heavy atom. The number of phenolic OH excluding ortho intramolecular Hbond substituents is 1. The molecule has 0 spiro atoms. The number of anilines is 1. The minimum absolute atomic E-state index is 0.0157. The van der Waals surface area contributed by atoms with Crippen molar-refractivity contribution in [2.75, 3.05) is 11.9 Å². The van der Waals surface area contributed by atoms with E-state index in [1.165, 1.54) is 0 Å². The van der Waals surface area contributed by atoms with Crippen molar-refractivity contribution in [1.29, 1.82) is 0 Å². The molecule has 0 aliphatic heterocycles. The summed E-state index contributed by atoms with van der Waals surface area (Å²) in [5.74, 6) is -0.0620. The molecule has 0 saturated heterocycles. The molecule has 25 heavy (non-hydrogen) atoms. The normalized spacial score (nSPS) is 11.1. The lowest BCUT2D eigenvalue weighted by Gasteiger charge is -2.07. The highest BCUT2D eigenvalue weighted by Crippen LogP contribution is 2.25. The van der Waals surface area contributed by atoms with Gasteiger partial charge in [0.15, 0.2) is 0 Å². The zero-order valence-corrected chi connectivity index (χ0v) is 15.2. The number of rotatable bonds is 4. The fourth-order valence-corrected chi connectivity index (χ4v) is 3.07. The predicted molar refractivity (Wildman–Crippen MR) is 106 cm³/mol. The zero-order chi connectivity index (χ0) is 17.8. The van der Waals surface area contributed by atoms with Crippen molar-refractivity contribution in [3.8, 4) is 5.75 Å². The van der Waals surface area contributed by atoms with Crippen LogP contribution in [0.5, 0.6) is 5.75 Å². The number of nitrogens with one attached hydrogen (secondary N) is 1. The maximum Gasteiger partial charge on any atom is 0.246 e. The summed E-state index contributed by atoms with van der Waals surface area (Å²) in [6, 6.07) is 16.9. The number of aromatic hydroxyl groups is 1. The van der Waals surface area contributed by atoms with Crippen molar-refractivity contribution in [3.05, 3.63) is 70.2 Å². The molecule has 0 aromatic heterocycles. The lowest BCUT2D eigenvalue weighted by Crippen LogP contribution is -2.15. The van der Waals surface area contributed by atoms with Gasteiger partial charge >= 0.3 is 0 Å². The van der Waals surface area contributed by atoms with Crippen molar-refractivity contribution in [2.24, 2.45) is 4.99 Å². The van der Waals surface area contributed by atoms with Crippen LogP contribution in [0.25, 0.3) is 10.8 Å². The van der Waals surface area contributed by atoms with Crippen LogP contribution in [0.3, 0.4) is 0 Å². The van der Waals surface area contributed by atoms with Crippen LogP contribution in [0.4, 0.5) is 5.69 Å². The summed E-state index contributed by atoms with van der Waals surface area (Å²) in [7, 11) is 0. The quantitative estimate of drug-likeness (QED) is 0.629. The van der Waals surface area contributed by atoms with Crippen LogP contribution in [0.1, 0.15) is 11.1 Å². The summed E-state index contributed by atoms with van der Waals surface area (Å²) >= 11 is 3.40. The molecule has 0 bridgehead atoms. The monoisotopic (exact) mass is 396 g/mol. The van der Waals surface area contributed by atoms with E-state index >= 15 is 0 Å². The molecule has 0 radical (unpaired) electrons. The first-order valence-electron chi connectivity index (χ1n) is 7.81. The number of amides is 1. The van der Waals surface area contributed by atoms with Crippen LogP contribution in [0.15, 0.2) is 64.1 Å². The minimum atomic E-state index is -0.207. The number of fused-ring (bicyclic) bond motifs is 1. The Balaban J connectivity index is 1.73. The Morgan fingerprint density at radius 2 is 2.00 bits per heavy atom. The summed E-state index contributed by atoms with van der Waals surface area (Å²) < 4.78 is 0.965. The molecule has 1 amide bonds. The van der Waals surface area contributed by atoms with Crippen molar-refractivity contribution < 1.29 is 9.90 Å². The summed E-state index contributed by atoms with van der Waals surface area (Å²) in [5.41, 5.74) is 2.35. The number of benzene rings is 3. The smallest absolute Gasteiger partial charge is 0.246 e. The molecule has 5 heteroatoms. The van der Waals surface area contributed by atoms with Gasteiger partial charge in [0.05, 0.1) is 0 Å². The minimum Gasteiger partial charge on any atom is -0.507 e. The molecule has 0 aliphatic rings. The zero-order valence-electron chi connectivity index (χ0n) is 13.7. The van der Waals surface area contributed by atoms with E-state index in [0.29, 0.717) is 5.56 Å². The van der Waals surface area contributed by atoms with Gasteiger partial charge in [-0.2, -0.15) is 0 Å². The molecule has 0 atom stereocenters. The average molecular weight is 397 g/mol. The topological polar surface area (TPSA) is 61.7 Å². The summed E-state index contributed by atoms with van der Waals surface area (Å²) in [5, 5.41) is 14.8. The molecule has 3 rings (SSSR count). The van der Waals surface area contributed by atoms with Gasteiger partial charge in [0.25, 0.3) is 0 Å². The third-order valence-electron chi connectivity index (χ3n) is 3.87. The Labute approximate surface area is 154 Å². The number of halogens is 1. The Kier molecular flexibility index (Phi) is 5.14. The second-order valence-corrected chi connectivity index (χ2v) is 6.61. The van der Waals surface area contributed by atoms with Gasteiger partial charge in [0, 0.05) is 21.9 Å². The van der Waals surface area contributed by atoms with Crippen molar-refractivity contribution in [2.45, 2.75) is 6.92 Å². The molecule has 0 unspecified atom stereocenters. The fourth-order valence-electron chi connectivity index (χ4n) is 2.60. The Bertz CT molecular complexity index is 967. The standard InChI is InChI=1S/C20H17BrN2O2/c1-13-10-15(21)7-8-18(13)23-20(25)12-22-11-17-16-5-3-2-4-14(16)6-9-19(17)24/h2-11,24H,12H2,1H3,(H,23,25). The van der Waals surface area contributed by atoms with Gasteiger partial charge < -0.3 is 10.4 Å². The lowest BCUT2D eigenvalue weighted by atomic mass is 10.0. The number of aliphatic imine (C=N–C) groups is 1. The maximum absolute atomic E-state index is 12.1. The van der Waals surface area contributed by atoms with E-state index in [2.05, 4.69) is 26.2 Å². The van der Waals surface area contributed by atoms with Crippen LogP contribution >= 0.6 is 15.9 Å². The first kappa shape index (κ1) is 17.2. The third kappa shape index (κ3) is 4.06. The number of carbonyl (C=O) groups is 1. The van der Waals surface area contributed by atoms with E-state index in [4.69, 9.17) is 0 Å². The van der Waals surface area contributed by atoms with E-state index in [1.807, 2.05) is 55.5 Å². The molecular formula is C20H17BrN2O2. The van der Waals surface area contributed by atoms with Crippen LogP contribution in [-0.4, -0.2) is 23.8 Å². The van der Waals surface area contributed by atoms with Crippen molar-refractivity contribution in [1.82, 2.24) is 0 Å². The van der Waals surface area contributed by atoms with Gasteiger partial charge in [-0.3, -0.25) is 9.79 Å². The summed E-state index contributed by atoms with van der Waals surface area (Å²) in [6.07, 6.45) is 1.55. The summed E-state index contributed by atoms with van der Waals surface area (Å²) in [4.78, 5) is 16.3. The Morgan fingerprint density at radius 3 is 2.80 bits per heavy atom. The molecule has 4 nitrogen and oxygen atoms in total. The molecule has 0 fully saturated rings. The highest BCUT2D eigenvalue weighted by atomic mass is 79.9. The highest BCUT2D eigenvalue weighted by molar-refractivity contribution is 9.10. The van der Waals surface area contributed by atoms with Gasteiger partial charge in [-0.05, 0) is 47.5 Å². The molecule has 0 aliphatic carbocycles. The van der Waals surface area contributed by atoms with Gasteiger partial charge in [0.2, 0.25) is 5.91 Å². The second kappa shape index (κ2) is 7.49. The van der Waals surface area contributed by atoms with Crippen molar-refractivity contribution >= 4 is 44.5 Å². The number of aryl methyl sites for hydroxylation is 1. The van der Waals surface area contributed by atoms with Crippen molar-refractivity contribution in [3.63, 3.8) is 0 Å². The highest BCUT2D eigenvalue weighted by Gasteiger charge is 2.06. The van der Waals surface area contributed by atoms with E-state index in [9.17, 15) is 9.90 Å². The van der Waals surface area contributed by atoms with E-state index in [0.717, 1.165) is 26.5 Å². The average Bonchev–Trinajstić information content (AvgIpc) is 2.59. The van der Waals surface area contributed by atoms with E-state index in [-0.39, 0.29) is 18.2 Å². The molecule has 2 N–H and O–H groups in total. The van der Waals surface area contributed by atoms with Gasteiger partial charge in [-0.15, -0.1) is 0 Å². The number of hydrogen-bond acceptors (Lipinski definition) is 3. The number of hydrogen-bond donors (Lipinski definition) is 2. The van der Waals surface area contributed by atoms with E-state index < -0.39 is 0 Å². The first-order valence-corrected chi connectivity index (χ1v) is 8.60. The second-order valence-electron chi connectivity index (χ2n) is 5.70. The van der Waals surface area contributed by atoms with Crippen LogP contribution in [0.2, 0.25) is 0 Å². The fraction of sp³-hybridized carbons (Fsp3) is 0.100. The first-order chi connectivity index (χ1) is 12.0. The third-order valence-corrected chi connectivity index (χ3v) is 4.36. The van der Waals surface area contributed by atoms with Gasteiger partial charge in [-0.1, -0.05) is 46.3 Å². The molecule has 126 valence electrons. The predicted octanol–water partition coefficient (Wildman–Crippen LogP) is 4.67. The maximum atomic E-state index is 12.1. The SMILES string of the molecule is Cc1cc(Br)ccc1NC(=O)CN=Cc1c(O)ccc2ccccc12. The Hall–Kier alpha value is -2.66. The molecular weight excluding hydrogens is 380 g/mol. The van der Waals surface area contributed by atoms with Crippen LogP contribution < -0.4 is 5.32 Å². The van der Waals surface area contributed by atoms with Crippen LogP contribution in [0, 0.1) is 6.92 Å². The molecule has 0 saturated carbocycles. The molecule has 3 aromatic carbocycles.